The molecule has 0 fully saturated rings. The molecule has 0 spiro atoms. The van der Waals surface area contributed by atoms with Gasteiger partial charge < -0.3 is 10.1 Å². The van der Waals surface area contributed by atoms with Crippen LogP contribution in [-0.2, 0) is 11.8 Å². The van der Waals surface area contributed by atoms with Gasteiger partial charge in [0.05, 0.1) is 11.1 Å². The van der Waals surface area contributed by atoms with Crippen molar-refractivity contribution in [1.82, 2.24) is 14.8 Å². The van der Waals surface area contributed by atoms with Crippen LogP contribution in [0.5, 0.6) is 5.88 Å². The number of aryl methyl sites for hydroxylation is 2. The molecule has 2 aromatic carbocycles. The molecule has 4 rings (SSSR count). The molecule has 1 N–H and O–H groups in total. The Kier molecular flexibility index (Phi) is 5.42. The van der Waals surface area contributed by atoms with Crippen LogP contribution in [0.3, 0.4) is 0 Å². The van der Waals surface area contributed by atoms with Crippen LogP contribution in [0.15, 0.2) is 60.7 Å². The van der Waals surface area contributed by atoms with Crippen LogP contribution in [0.25, 0.3) is 22.2 Å². The Bertz CT molecular complexity index is 1220. The Morgan fingerprint density at radius 1 is 1.13 bits per heavy atom. The third kappa shape index (κ3) is 4.00. The van der Waals surface area contributed by atoms with Crippen molar-refractivity contribution in [2.45, 2.75) is 20.0 Å². The van der Waals surface area contributed by atoms with Crippen molar-refractivity contribution < 1.29 is 9.53 Å². The molecule has 6 nitrogen and oxygen atoms in total. The predicted octanol–water partition coefficient (Wildman–Crippen LogP) is 5.00. The number of hydrogen-bond acceptors (Lipinski definition) is 4. The second-order valence-electron chi connectivity index (χ2n) is 7.04. The van der Waals surface area contributed by atoms with Gasteiger partial charge in [0.15, 0.2) is 11.8 Å². The van der Waals surface area contributed by atoms with Crippen LogP contribution in [0, 0.1) is 6.92 Å². The van der Waals surface area contributed by atoms with Gasteiger partial charge in [-0.15, -0.1) is 0 Å². The Hall–Kier alpha value is -3.38. The second-order valence-corrected chi connectivity index (χ2v) is 7.48. The van der Waals surface area contributed by atoms with E-state index in [1.807, 2.05) is 50.4 Å². The van der Waals surface area contributed by atoms with Gasteiger partial charge in [0.25, 0.3) is 5.91 Å². The molecule has 1 atom stereocenters. The van der Waals surface area contributed by atoms with Gasteiger partial charge in [0, 0.05) is 23.8 Å². The minimum Gasteiger partial charge on any atom is -0.464 e. The summed E-state index contributed by atoms with van der Waals surface area (Å²) in [6.45, 7) is 3.64. The van der Waals surface area contributed by atoms with Gasteiger partial charge in [-0.2, -0.15) is 10.1 Å². The van der Waals surface area contributed by atoms with Gasteiger partial charge in [-0.25, -0.2) is 0 Å². The summed E-state index contributed by atoms with van der Waals surface area (Å²) in [6.07, 6.45) is -0.758. The normalized spacial score (nSPS) is 12.0. The van der Waals surface area contributed by atoms with Crippen LogP contribution in [0.4, 0.5) is 5.69 Å². The molecule has 0 unspecified atom stereocenters. The fraction of sp³-hybridized carbons (Fsp3) is 0.174. The van der Waals surface area contributed by atoms with E-state index in [9.17, 15) is 4.79 Å². The maximum absolute atomic E-state index is 12.6. The lowest BCUT2D eigenvalue weighted by Crippen LogP contribution is -2.30. The lowest BCUT2D eigenvalue weighted by Gasteiger charge is -2.15. The molecular formula is C23H21ClN4O2. The molecule has 0 aliphatic heterocycles. The number of rotatable bonds is 5. The molecule has 152 valence electrons. The van der Waals surface area contributed by atoms with Crippen molar-refractivity contribution in [3.8, 4) is 17.0 Å². The van der Waals surface area contributed by atoms with Crippen molar-refractivity contribution in [3.05, 3.63) is 71.4 Å². The zero-order chi connectivity index (χ0) is 21.3. The first-order chi connectivity index (χ1) is 14.4. The number of carbonyl (C=O) groups is 1. The molecule has 0 aliphatic carbocycles. The zero-order valence-corrected chi connectivity index (χ0v) is 17.6. The van der Waals surface area contributed by atoms with Gasteiger partial charge in [-0.3, -0.25) is 9.48 Å². The summed E-state index contributed by atoms with van der Waals surface area (Å²) >= 11 is 5.98. The molecule has 4 aromatic rings. The number of nitrogens with zero attached hydrogens (tertiary/aromatic N) is 3. The van der Waals surface area contributed by atoms with Crippen LogP contribution in [0.2, 0.25) is 5.02 Å². The first-order valence-electron chi connectivity index (χ1n) is 9.55. The van der Waals surface area contributed by atoms with Crippen molar-refractivity contribution in [3.63, 3.8) is 0 Å². The summed E-state index contributed by atoms with van der Waals surface area (Å²) in [7, 11) is 1.84. The van der Waals surface area contributed by atoms with Gasteiger partial charge in [-0.1, -0.05) is 48.0 Å². The Morgan fingerprint density at radius 2 is 1.90 bits per heavy atom. The minimum atomic E-state index is -0.758. The fourth-order valence-corrected chi connectivity index (χ4v) is 3.56. The van der Waals surface area contributed by atoms with Gasteiger partial charge in [0.2, 0.25) is 5.88 Å². The monoisotopic (exact) mass is 420 g/mol. The first-order valence-corrected chi connectivity index (χ1v) is 9.93. The topological polar surface area (TPSA) is 69.0 Å². The first kappa shape index (κ1) is 19.9. The van der Waals surface area contributed by atoms with Gasteiger partial charge in [-0.05, 0) is 43.2 Å². The summed E-state index contributed by atoms with van der Waals surface area (Å²) in [5.74, 6) is 0.0692. The summed E-state index contributed by atoms with van der Waals surface area (Å²) in [5.41, 5.74) is 4.19. The predicted molar refractivity (Wildman–Crippen MR) is 119 cm³/mol. The van der Waals surface area contributed by atoms with Crippen LogP contribution < -0.4 is 10.1 Å². The number of hydrogen-bond donors (Lipinski definition) is 1. The largest absolute Gasteiger partial charge is 0.464 e. The molecule has 0 bridgehead atoms. The maximum Gasteiger partial charge on any atom is 0.265 e. The number of anilines is 1. The molecular weight excluding hydrogens is 400 g/mol. The van der Waals surface area contributed by atoms with Crippen molar-refractivity contribution >= 4 is 34.2 Å². The summed E-state index contributed by atoms with van der Waals surface area (Å²) in [6, 6.07) is 18.8. The lowest BCUT2D eigenvalue weighted by molar-refractivity contribution is -0.122. The number of pyridine rings is 1. The standard InChI is InChI=1S/C23H21ClN4O2/c1-14-21-19(16-8-5-4-6-9-16)13-20(26-22(21)28(3)27-14)30-15(2)23(29)25-18-11-7-10-17(24)12-18/h4-13,15H,1-3H3,(H,25,29)/t15-/m0/s1. The quantitative estimate of drug-likeness (QED) is 0.493. The zero-order valence-electron chi connectivity index (χ0n) is 16.9. The average molecular weight is 421 g/mol. The van der Waals surface area contributed by atoms with Crippen LogP contribution in [0.1, 0.15) is 12.6 Å². The van der Waals surface area contributed by atoms with Crippen molar-refractivity contribution in [2.24, 2.45) is 7.05 Å². The highest BCUT2D eigenvalue weighted by Gasteiger charge is 2.20. The number of carbonyl (C=O) groups excluding carboxylic acids is 1. The number of amides is 1. The molecule has 2 heterocycles. The third-order valence-electron chi connectivity index (χ3n) is 4.79. The number of benzene rings is 2. The van der Waals surface area contributed by atoms with E-state index < -0.39 is 6.10 Å². The Balaban J connectivity index is 1.66. The highest BCUT2D eigenvalue weighted by molar-refractivity contribution is 6.30. The summed E-state index contributed by atoms with van der Waals surface area (Å²) in [5, 5.41) is 8.82. The molecule has 0 saturated heterocycles. The SMILES string of the molecule is Cc1nn(C)c2nc(O[C@@H](C)C(=O)Nc3cccc(Cl)c3)cc(-c3ccccc3)c12. The van der Waals surface area contributed by atoms with E-state index in [0.717, 1.165) is 22.2 Å². The third-order valence-corrected chi connectivity index (χ3v) is 5.02. The summed E-state index contributed by atoms with van der Waals surface area (Å²) < 4.78 is 7.64. The summed E-state index contributed by atoms with van der Waals surface area (Å²) in [4.78, 5) is 17.2. The average Bonchev–Trinajstić information content (AvgIpc) is 3.01. The number of aromatic nitrogens is 3. The highest BCUT2D eigenvalue weighted by Crippen LogP contribution is 2.33. The number of nitrogens with one attached hydrogen (secondary N) is 1. The van der Waals surface area contributed by atoms with Crippen LogP contribution >= 0.6 is 11.6 Å². The van der Waals surface area contributed by atoms with Crippen molar-refractivity contribution in [2.75, 3.05) is 5.32 Å². The van der Waals surface area contributed by atoms with E-state index in [2.05, 4.69) is 15.4 Å². The minimum absolute atomic E-state index is 0.290. The van der Waals surface area contributed by atoms with E-state index in [1.165, 1.54) is 0 Å². The molecule has 7 heteroatoms. The van der Waals surface area contributed by atoms with E-state index in [0.29, 0.717) is 22.2 Å². The van der Waals surface area contributed by atoms with Crippen molar-refractivity contribution in [1.29, 1.82) is 0 Å². The smallest absolute Gasteiger partial charge is 0.265 e. The number of fused-ring (bicyclic) bond motifs is 1. The molecule has 2 aromatic heterocycles. The Morgan fingerprint density at radius 3 is 2.63 bits per heavy atom. The number of halogens is 1. The molecule has 30 heavy (non-hydrogen) atoms. The van der Waals surface area contributed by atoms with E-state index >= 15 is 0 Å². The fourth-order valence-electron chi connectivity index (χ4n) is 3.37. The highest BCUT2D eigenvalue weighted by atomic mass is 35.5. The van der Waals surface area contributed by atoms with E-state index in [-0.39, 0.29) is 5.91 Å². The number of ether oxygens (including phenoxy) is 1. The lowest BCUT2D eigenvalue weighted by atomic mass is 10.0. The molecule has 1 amide bonds. The van der Waals surface area contributed by atoms with Gasteiger partial charge in [0.1, 0.15) is 0 Å². The Labute approximate surface area is 179 Å². The molecule has 0 saturated carbocycles. The van der Waals surface area contributed by atoms with Crippen LogP contribution in [-0.4, -0.2) is 26.8 Å². The molecule has 0 radical (unpaired) electrons. The maximum atomic E-state index is 12.6. The van der Waals surface area contributed by atoms with E-state index in [4.69, 9.17) is 16.3 Å². The van der Waals surface area contributed by atoms with E-state index in [1.54, 1.807) is 35.9 Å². The van der Waals surface area contributed by atoms with Gasteiger partial charge >= 0.3 is 0 Å². The second kappa shape index (κ2) is 8.16. The molecule has 0 aliphatic rings.